The molecule has 0 spiro atoms. The average molecular weight is 525 g/mol. The molecule has 4 amide bonds. The molecular formula is C28H36N4O6. The first-order chi connectivity index (χ1) is 18.3. The second-order valence-electron chi connectivity index (χ2n) is 9.39. The summed E-state index contributed by atoms with van der Waals surface area (Å²) in [5.41, 5.74) is 9.24. The van der Waals surface area contributed by atoms with Crippen LogP contribution in [0.3, 0.4) is 0 Å². The standard InChI is InChI=1S/C24H26N2O5.C4H10N2O/c27-21(28)13-25-23(29)22(15-7-1-2-8-15)26-24(30)31-14-20-18-11-5-3-9-16(18)17-10-4-6-12-19(17)20;1-2-3-6-4(5)7/h3-6,9-12,15,20,22H,1-2,7-8,13-14H2,(H,25,29)(H,26,30)(H,27,28);2-3H2,1H3,(H3,5,6,7). The fourth-order valence-corrected chi connectivity index (χ4v) is 4.98. The highest BCUT2D eigenvalue weighted by Gasteiger charge is 2.34. The van der Waals surface area contributed by atoms with Crippen molar-refractivity contribution in [3.8, 4) is 11.1 Å². The Morgan fingerprint density at radius 3 is 2.05 bits per heavy atom. The minimum Gasteiger partial charge on any atom is -0.480 e. The van der Waals surface area contributed by atoms with E-state index in [0.717, 1.165) is 54.4 Å². The third kappa shape index (κ3) is 7.71. The van der Waals surface area contributed by atoms with Gasteiger partial charge in [0.15, 0.2) is 0 Å². The Morgan fingerprint density at radius 2 is 1.55 bits per heavy atom. The first-order valence-electron chi connectivity index (χ1n) is 13.0. The number of carboxylic acid groups (broad SMARTS) is 1. The van der Waals surface area contributed by atoms with Crippen molar-refractivity contribution in [3.63, 3.8) is 0 Å². The molecule has 2 aromatic rings. The van der Waals surface area contributed by atoms with Gasteiger partial charge < -0.3 is 31.5 Å². The molecule has 38 heavy (non-hydrogen) atoms. The average Bonchev–Trinajstić information content (AvgIpc) is 3.55. The van der Waals surface area contributed by atoms with Crippen LogP contribution in [0, 0.1) is 5.92 Å². The molecule has 10 heteroatoms. The maximum Gasteiger partial charge on any atom is 0.407 e. The lowest BCUT2D eigenvalue weighted by atomic mass is 9.97. The SMILES string of the molecule is CCCNC(N)=O.O=C(O)CNC(=O)C(NC(=O)OCC1c2ccccc2-c2ccccc21)C1CCCC1. The van der Waals surface area contributed by atoms with Crippen LogP contribution in [0.5, 0.6) is 0 Å². The summed E-state index contributed by atoms with van der Waals surface area (Å²) >= 11 is 0. The zero-order valence-electron chi connectivity index (χ0n) is 21.6. The predicted molar refractivity (Wildman–Crippen MR) is 142 cm³/mol. The van der Waals surface area contributed by atoms with Gasteiger partial charge in [0.1, 0.15) is 19.2 Å². The highest BCUT2D eigenvalue weighted by molar-refractivity contribution is 5.88. The van der Waals surface area contributed by atoms with E-state index in [0.29, 0.717) is 6.54 Å². The third-order valence-electron chi connectivity index (χ3n) is 6.73. The van der Waals surface area contributed by atoms with Gasteiger partial charge >= 0.3 is 18.1 Å². The van der Waals surface area contributed by atoms with Gasteiger partial charge in [-0.1, -0.05) is 68.3 Å². The lowest BCUT2D eigenvalue weighted by Gasteiger charge is -2.24. The number of alkyl carbamates (subject to hydrolysis) is 1. The summed E-state index contributed by atoms with van der Waals surface area (Å²) in [5.74, 6) is -1.69. The molecule has 1 unspecified atom stereocenters. The quantitative estimate of drug-likeness (QED) is 0.338. The Morgan fingerprint density at radius 1 is 0.974 bits per heavy atom. The molecule has 1 fully saturated rings. The number of hydrogen-bond acceptors (Lipinski definition) is 5. The van der Waals surface area contributed by atoms with Crippen LogP contribution in [0.25, 0.3) is 11.1 Å². The fraction of sp³-hybridized carbons (Fsp3) is 0.429. The Kier molecular flexibility index (Phi) is 10.5. The van der Waals surface area contributed by atoms with Crippen molar-refractivity contribution < 1.29 is 29.0 Å². The molecule has 2 aliphatic rings. The Balaban J connectivity index is 0.000000505. The number of hydrogen-bond donors (Lipinski definition) is 5. The largest absolute Gasteiger partial charge is 0.480 e. The number of amides is 4. The number of urea groups is 1. The number of primary amides is 1. The van der Waals surface area contributed by atoms with E-state index in [-0.39, 0.29) is 18.4 Å². The summed E-state index contributed by atoms with van der Waals surface area (Å²) in [6, 6.07) is 14.9. The molecule has 2 aromatic carbocycles. The fourth-order valence-electron chi connectivity index (χ4n) is 4.98. The number of rotatable bonds is 9. The van der Waals surface area contributed by atoms with E-state index in [1.165, 1.54) is 0 Å². The monoisotopic (exact) mass is 524 g/mol. The number of aliphatic carboxylic acids is 1. The molecule has 0 aliphatic heterocycles. The van der Waals surface area contributed by atoms with Gasteiger partial charge in [0.25, 0.3) is 0 Å². The van der Waals surface area contributed by atoms with Crippen molar-refractivity contribution in [1.29, 1.82) is 0 Å². The predicted octanol–water partition coefficient (Wildman–Crippen LogP) is 3.35. The molecule has 204 valence electrons. The molecule has 0 heterocycles. The molecule has 6 N–H and O–H groups in total. The molecule has 1 atom stereocenters. The van der Waals surface area contributed by atoms with Gasteiger partial charge in [-0.3, -0.25) is 9.59 Å². The lowest BCUT2D eigenvalue weighted by molar-refractivity contribution is -0.138. The van der Waals surface area contributed by atoms with Gasteiger partial charge in [-0.05, 0) is 47.4 Å². The van der Waals surface area contributed by atoms with Gasteiger partial charge in [0.2, 0.25) is 5.91 Å². The Bertz CT molecular complexity index is 1090. The van der Waals surface area contributed by atoms with E-state index < -0.39 is 36.6 Å². The first-order valence-corrected chi connectivity index (χ1v) is 13.0. The molecule has 0 bridgehead atoms. The highest BCUT2D eigenvalue weighted by Crippen LogP contribution is 2.44. The summed E-state index contributed by atoms with van der Waals surface area (Å²) in [6.45, 7) is 2.33. The zero-order chi connectivity index (χ0) is 27.5. The van der Waals surface area contributed by atoms with E-state index >= 15 is 0 Å². The summed E-state index contributed by atoms with van der Waals surface area (Å²) in [4.78, 5) is 45.8. The number of nitrogens with one attached hydrogen (secondary N) is 3. The van der Waals surface area contributed by atoms with Crippen LogP contribution in [0.4, 0.5) is 9.59 Å². The molecule has 10 nitrogen and oxygen atoms in total. The molecule has 4 rings (SSSR count). The smallest absolute Gasteiger partial charge is 0.407 e. The summed E-state index contributed by atoms with van der Waals surface area (Å²) in [5, 5.41) is 16.3. The minimum absolute atomic E-state index is 0.0192. The van der Waals surface area contributed by atoms with Crippen molar-refractivity contribution in [3.05, 3.63) is 59.7 Å². The van der Waals surface area contributed by atoms with E-state index in [1.54, 1.807) is 0 Å². The number of carbonyl (C=O) groups is 4. The van der Waals surface area contributed by atoms with Crippen LogP contribution in [0.15, 0.2) is 48.5 Å². The van der Waals surface area contributed by atoms with E-state index in [2.05, 4.69) is 28.1 Å². The molecule has 0 saturated heterocycles. The first kappa shape index (κ1) is 28.5. The topological polar surface area (TPSA) is 160 Å². The molecule has 1 saturated carbocycles. The van der Waals surface area contributed by atoms with Crippen molar-refractivity contribution >= 4 is 24.0 Å². The molecule has 2 aliphatic carbocycles. The van der Waals surface area contributed by atoms with Crippen molar-refractivity contribution in [2.24, 2.45) is 11.7 Å². The van der Waals surface area contributed by atoms with Crippen LogP contribution in [-0.4, -0.2) is 54.8 Å². The second-order valence-corrected chi connectivity index (χ2v) is 9.39. The molecule has 0 radical (unpaired) electrons. The number of carbonyl (C=O) groups excluding carboxylic acids is 3. The van der Waals surface area contributed by atoms with Gasteiger partial charge in [0.05, 0.1) is 0 Å². The number of ether oxygens (including phenoxy) is 1. The summed E-state index contributed by atoms with van der Waals surface area (Å²) < 4.78 is 5.56. The van der Waals surface area contributed by atoms with Crippen LogP contribution < -0.4 is 21.7 Å². The van der Waals surface area contributed by atoms with Crippen LogP contribution in [0.1, 0.15) is 56.1 Å². The number of benzene rings is 2. The zero-order valence-corrected chi connectivity index (χ0v) is 21.6. The van der Waals surface area contributed by atoms with Crippen LogP contribution in [-0.2, 0) is 14.3 Å². The normalized spacial score (nSPS) is 14.8. The number of carboxylic acids is 1. The maximum absolute atomic E-state index is 12.6. The highest BCUT2D eigenvalue weighted by atomic mass is 16.5. The Hall–Kier alpha value is -4.08. The van der Waals surface area contributed by atoms with Crippen LogP contribution >= 0.6 is 0 Å². The lowest BCUT2D eigenvalue weighted by Crippen LogP contribution is -2.51. The van der Waals surface area contributed by atoms with E-state index in [9.17, 15) is 19.2 Å². The van der Waals surface area contributed by atoms with Gasteiger partial charge in [-0.2, -0.15) is 0 Å². The summed E-state index contributed by atoms with van der Waals surface area (Å²) in [6.07, 6.45) is 3.87. The molecular weight excluding hydrogens is 488 g/mol. The van der Waals surface area contributed by atoms with Crippen LogP contribution in [0.2, 0.25) is 0 Å². The third-order valence-corrected chi connectivity index (χ3v) is 6.73. The number of fused-ring (bicyclic) bond motifs is 3. The van der Waals surface area contributed by atoms with Gasteiger partial charge in [-0.25, -0.2) is 9.59 Å². The second kappa shape index (κ2) is 14.0. The van der Waals surface area contributed by atoms with Crippen molar-refractivity contribution in [2.75, 3.05) is 19.7 Å². The Labute approximate surface area is 222 Å². The molecule has 0 aromatic heterocycles. The van der Waals surface area contributed by atoms with Gasteiger partial charge in [-0.15, -0.1) is 0 Å². The maximum atomic E-state index is 12.6. The van der Waals surface area contributed by atoms with Crippen molar-refractivity contribution in [1.82, 2.24) is 16.0 Å². The van der Waals surface area contributed by atoms with E-state index in [4.69, 9.17) is 15.6 Å². The minimum atomic E-state index is -1.13. The van der Waals surface area contributed by atoms with Crippen molar-refractivity contribution in [2.45, 2.75) is 51.0 Å². The number of nitrogens with two attached hydrogens (primary N) is 1. The summed E-state index contributed by atoms with van der Waals surface area (Å²) in [7, 11) is 0. The van der Waals surface area contributed by atoms with E-state index in [1.807, 2.05) is 43.3 Å². The van der Waals surface area contributed by atoms with Gasteiger partial charge in [0, 0.05) is 12.5 Å².